The second-order valence-corrected chi connectivity index (χ2v) is 18.1. The van der Waals surface area contributed by atoms with E-state index in [9.17, 15) is 19.5 Å². The lowest BCUT2D eigenvalue weighted by molar-refractivity contribution is -0.870. The molecule has 9 heteroatoms. The number of carbonyl (C=O) groups is 3. The smallest absolute Gasteiger partial charge is 0.361 e. The molecule has 0 radical (unpaired) electrons. The minimum atomic E-state index is -1.53. The molecule has 0 amide bonds. The van der Waals surface area contributed by atoms with E-state index < -0.39 is 24.3 Å². The van der Waals surface area contributed by atoms with Crippen molar-refractivity contribution in [3.63, 3.8) is 0 Å². The van der Waals surface area contributed by atoms with Gasteiger partial charge in [-0.05, 0) is 103 Å². The molecule has 0 saturated heterocycles. The van der Waals surface area contributed by atoms with Crippen LogP contribution in [0.1, 0.15) is 181 Å². The highest BCUT2D eigenvalue weighted by Gasteiger charge is 2.25. The number of carboxylic acids is 1. The first-order valence-electron chi connectivity index (χ1n) is 26.1. The summed E-state index contributed by atoms with van der Waals surface area (Å²) in [5, 5.41) is 9.67. The van der Waals surface area contributed by atoms with Crippen LogP contribution >= 0.6 is 0 Å². The molecule has 0 rings (SSSR count). The van der Waals surface area contributed by atoms with Crippen LogP contribution in [0.4, 0.5) is 0 Å². The van der Waals surface area contributed by atoms with E-state index in [2.05, 4.69) is 123 Å². The van der Waals surface area contributed by atoms with Crippen molar-refractivity contribution in [2.24, 2.45) is 0 Å². The number of likely N-dealkylation sites (N-methyl/N-ethyl adjacent to an activating group) is 1. The van der Waals surface area contributed by atoms with Crippen molar-refractivity contribution >= 4 is 17.9 Å². The average Bonchev–Trinajstić information content (AvgIpc) is 3.29. The second-order valence-electron chi connectivity index (χ2n) is 18.1. The third-order valence-electron chi connectivity index (χ3n) is 10.5. The van der Waals surface area contributed by atoms with Crippen LogP contribution in [0.2, 0.25) is 0 Å². The lowest BCUT2D eigenvalue weighted by atomic mass is 10.1. The number of aliphatic carboxylic acids is 1. The molecule has 0 heterocycles. The van der Waals surface area contributed by atoms with Gasteiger partial charge < -0.3 is 28.5 Å². The van der Waals surface area contributed by atoms with Crippen LogP contribution in [0.25, 0.3) is 0 Å². The summed E-state index contributed by atoms with van der Waals surface area (Å²) < 4.78 is 22.8. The molecule has 0 aromatic rings. The van der Waals surface area contributed by atoms with Gasteiger partial charge in [0.2, 0.25) is 0 Å². The molecule has 1 N–H and O–H groups in total. The van der Waals surface area contributed by atoms with Gasteiger partial charge in [0.1, 0.15) is 13.2 Å². The Morgan fingerprint density at radius 3 is 1.27 bits per heavy atom. The lowest BCUT2D eigenvalue weighted by Crippen LogP contribution is -2.40. The molecule has 0 bridgehead atoms. The van der Waals surface area contributed by atoms with Crippen molar-refractivity contribution < 1.29 is 42.9 Å². The van der Waals surface area contributed by atoms with Gasteiger partial charge in [-0.1, -0.05) is 175 Å². The molecule has 0 fully saturated rings. The van der Waals surface area contributed by atoms with Crippen molar-refractivity contribution in [3.8, 4) is 0 Å². The molecule has 2 atom stereocenters. The molecular formula is C58H96NO8+. The number of ether oxygens (including phenoxy) is 4. The highest BCUT2D eigenvalue weighted by atomic mass is 16.7. The number of allylic oxidation sites excluding steroid dienone is 18. The molecule has 0 aliphatic heterocycles. The SMILES string of the molecule is CC/C=C\C/C=C\C/C=C\C/C=C\C/C=C\C/C=C\C/C=C\CCCCCCCC(=O)OC(COC(=O)CCCCCCC/C=C\C/C=C\CCCCC)COC(OCC[N+](C)(C)C)C(=O)O. The van der Waals surface area contributed by atoms with Gasteiger partial charge in [0.25, 0.3) is 6.29 Å². The lowest BCUT2D eigenvalue weighted by Gasteiger charge is -2.25. The molecule has 67 heavy (non-hydrogen) atoms. The number of hydrogen-bond acceptors (Lipinski definition) is 7. The minimum absolute atomic E-state index is 0.175. The standard InChI is InChI=1S/C58H95NO8/c1-6-8-10-12-14-16-18-20-22-23-24-25-26-27-28-29-30-31-32-33-35-37-39-41-43-45-47-49-56(61)67-54(53-66-58(57(62)63)64-51-50-59(3,4)5)52-65-55(60)48-46-44-42-40-38-36-34-21-19-17-15-13-11-9-7-2/h8,10,14-17,20-22,24-25,27-28,30-31,33-35,54,58H,6-7,9,11-13,18-19,23,26,29,32,36-53H2,1-5H3/p+1/b10-8-,16-14-,17-15-,22-20-,25-24-,28-27-,31-30-,34-21-,35-33-. The van der Waals surface area contributed by atoms with Crippen LogP contribution in [0, 0.1) is 0 Å². The maximum absolute atomic E-state index is 12.8. The summed E-state index contributed by atoms with van der Waals surface area (Å²) >= 11 is 0. The molecular weight excluding hydrogens is 839 g/mol. The van der Waals surface area contributed by atoms with Crippen LogP contribution in [-0.2, 0) is 33.3 Å². The Kier molecular flexibility index (Phi) is 45.5. The fraction of sp³-hybridized carbons (Fsp3) is 0.638. The molecule has 0 saturated carbocycles. The predicted molar refractivity (Wildman–Crippen MR) is 281 cm³/mol. The molecule has 0 aromatic heterocycles. The minimum Gasteiger partial charge on any atom is -0.477 e. The van der Waals surface area contributed by atoms with Gasteiger partial charge >= 0.3 is 17.9 Å². The fourth-order valence-corrected chi connectivity index (χ4v) is 6.49. The van der Waals surface area contributed by atoms with Crippen molar-refractivity contribution in [2.75, 3.05) is 47.5 Å². The third-order valence-corrected chi connectivity index (χ3v) is 10.5. The number of nitrogens with zero attached hydrogens (tertiary/aromatic N) is 1. The Balaban J connectivity index is 4.41. The van der Waals surface area contributed by atoms with Crippen molar-refractivity contribution in [2.45, 2.75) is 193 Å². The average molecular weight is 935 g/mol. The van der Waals surface area contributed by atoms with E-state index in [4.69, 9.17) is 18.9 Å². The maximum Gasteiger partial charge on any atom is 0.361 e. The Morgan fingerprint density at radius 1 is 0.463 bits per heavy atom. The molecule has 0 spiro atoms. The van der Waals surface area contributed by atoms with E-state index in [0.717, 1.165) is 122 Å². The summed E-state index contributed by atoms with van der Waals surface area (Å²) in [6.07, 6.45) is 62.9. The van der Waals surface area contributed by atoms with Crippen molar-refractivity contribution in [1.82, 2.24) is 0 Å². The summed E-state index contributed by atoms with van der Waals surface area (Å²) in [6, 6.07) is 0. The van der Waals surface area contributed by atoms with E-state index in [0.29, 0.717) is 17.4 Å². The highest BCUT2D eigenvalue weighted by Crippen LogP contribution is 2.12. The second kappa shape index (κ2) is 48.4. The number of rotatable bonds is 46. The Morgan fingerprint density at radius 2 is 0.851 bits per heavy atom. The third kappa shape index (κ3) is 49.7. The molecule has 0 aliphatic rings. The molecule has 0 aliphatic carbocycles. The first-order chi connectivity index (χ1) is 32.6. The van der Waals surface area contributed by atoms with E-state index >= 15 is 0 Å². The number of quaternary nitrogens is 1. The summed E-state index contributed by atoms with van der Waals surface area (Å²) in [5.41, 5.74) is 0. The van der Waals surface area contributed by atoms with Crippen molar-refractivity contribution in [3.05, 3.63) is 109 Å². The van der Waals surface area contributed by atoms with E-state index in [1.165, 1.54) is 25.7 Å². The first kappa shape index (κ1) is 63.0. The summed E-state index contributed by atoms with van der Waals surface area (Å²) in [5.74, 6) is -2.07. The zero-order valence-corrected chi connectivity index (χ0v) is 43.0. The monoisotopic (exact) mass is 935 g/mol. The fourth-order valence-electron chi connectivity index (χ4n) is 6.49. The van der Waals surface area contributed by atoms with Gasteiger partial charge in [-0.15, -0.1) is 0 Å². The van der Waals surface area contributed by atoms with Gasteiger partial charge in [0.05, 0.1) is 34.4 Å². The van der Waals surface area contributed by atoms with Crippen LogP contribution in [0.15, 0.2) is 109 Å². The van der Waals surface area contributed by atoms with Gasteiger partial charge in [-0.3, -0.25) is 9.59 Å². The Bertz CT molecular complexity index is 1460. The molecule has 2 unspecified atom stereocenters. The first-order valence-corrected chi connectivity index (χ1v) is 26.1. The number of unbranched alkanes of at least 4 members (excludes halogenated alkanes) is 13. The number of carboxylic acid groups (broad SMARTS) is 1. The van der Waals surface area contributed by atoms with Gasteiger partial charge in [0.15, 0.2) is 6.10 Å². The van der Waals surface area contributed by atoms with Gasteiger partial charge in [-0.2, -0.15) is 0 Å². The summed E-state index contributed by atoms with van der Waals surface area (Å²) in [4.78, 5) is 37.3. The van der Waals surface area contributed by atoms with Gasteiger partial charge in [-0.25, -0.2) is 4.79 Å². The molecule has 9 nitrogen and oxygen atoms in total. The molecule has 0 aromatic carbocycles. The van der Waals surface area contributed by atoms with Crippen LogP contribution in [-0.4, -0.2) is 87.4 Å². The van der Waals surface area contributed by atoms with Crippen molar-refractivity contribution in [1.29, 1.82) is 0 Å². The number of carbonyl (C=O) groups excluding carboxylic acids is 2. The maximum atomic E-state index is 12.8. The quantitative estimate of drug-likeness (QED) is 0.0211. The Hall–Kier alpha value is -4.05. The van der Waals surface area contributed by atoms with E-state index in [-0.39, 0.29) is 38.6 Å². The zero-order chi connectivity index (χ0) is 49.2. The van der Waals surface area contributed by atoms with Crippen LogP contribution in [0.5, 0.6) is 0 Å². The summed E-state index contributed by atoms with van der Waals surface area (Å²) in [7, 11) is 5.94. The largest absolute Gasteiger partial charge is 0.477 e. The zero-order valence-electron chi connectivity index (χ0n) is 43.0. The van der Waals surface area contributed by atoms with Crippen LogP contribution < -0.4 is 0 Å². The predicted octanol–water partition coefficient (Wildman–Crippen LogP) is 14.8. The van der Waals surface area contributed by atoms with Crippen LogP contribution in [0.3, 0.4) is 0 Å². The normalized spacial score (nSPS) is 13.7. The highest BCUT2D eigenvalue weighted by molar-refractivity contribution is 5.71. The number of esters is 2. The Labute approximate surface area is 409 Å². The summed E-state index contributed by atoms with van der Waals surface area (Å²) in [6.45, 7) is 4.67. The molecule has 380 valence electrons. The van der Waals surface area contributed by atoms with Gasteiger partial charge in [0, 0.05) is 12.8 Å². The van der Waals surface area contributed by atoms with E-state index in [1.807, 2.05) is 21.1 Å². The number of hydrogen-bond donors (Lipinski definition) is 1. The topological polar surface area (TPSA) is 108 Å². The van der Waals surface area contributed by atoms with E-state index in [1.54, 1.807) is 0 Å².